The van der Waals surface area contributed by atoms with Gasteiger partial charge in [-0.3, -0.25) is 0 Å². The lowest BCUT2D eigenvalue weighted by molar-refractivity contribution is 0.314. The fourth-order valence-corrected chi connectivity index (χ4v) is 1.82. The molecule has 0 amide bonds. The van der Waals surface area contributed by atoms with Gasteiger partial charge in [-0.15, -0.1) is 0 Å². The average molecular weight is 176 g/mol. The van der Waals surface area contributed by atoms with Gasteiger partial charge in [0.25, 0.3) is 0 Å². The van der Waals surface area contributed by atoms with Crippen molar-refractivity contribution < 1.29 is 0 Å². The van der Waals surface area contributed by atoms with Crippen LogP contribution in [0.5, 0.6) is 0 Å². The zero-order chi connectivity index (χ0) is 9.10. The van der Waals surface area contributed by atoms with Crippen molar-refractivity contribution in [3.63, 3.8) is 0 Å². The Labute approximate surface area is 79.5 Å². The van der Waals surface area contributed by atoms with Crippen molar-refractivity contribution >= 4 is 5.82 Å². The monoisotopic (exact) mass is 176 g/mol. The highest BCUT2D eigenvalue weighted by Crippen LogP contribution is 2.16. The maximum atomic E-state index is 4.11. The summed E-state index contributed by atoms with van der Waals surface area (Å²) in [5, 5.41) is 0. The maximum absolute atomic E-state index is 4.11. The molecule has 0 saturated carbocycles. The van der Waals surface area contributed by atoms with Crippen LogP contribution in [0.25, 0.3) is 5.82 Å². The van der Waals surface area contributed by atoms with Gasteiger partial charge in [0, 0.05) is 25.5 Å². The van der Waals surface area contributed by atoms with Gasteiger partial charge in [-0.2, -0.15) is 0 Å². The van der Waals surface area contributed by atoms with E-state index in [1.54, 1.807) is 0 Å². The van der Waals surface area contributed by atoms with E-state index >= 15 is 0 Å². The van der Waals surface area contributed by atoms with Crippen LogP contribution in [-0.4, -0.2) is 22.6 Å². The third kappa shape index (κ3) is 1.77. The van der Waals surface area contributed by atoms with Crippen LogP contribution in [0.1, 0.15) is 19.3 Å². The van der Waals surface area contributed by atoms with E-state index in [4.69, 9.17) is 0 Å². The van der Waals surface area contributed by atoms with Crippen molar-refractivity contribution in [1.82, 2.24) is 9.47 Å². The number of nitrogens with zero attached hydrogens (tertiary/aromatic N) is 2. The molecule has 0 unspecified atom stereocenters. The fourth-order valence-electron chi connectivity index (χ4n) is 1.82. The topological polar surface area (TPSA) is 8.17 Å². The molecule has 1 fully saturated rings. The molecule has 2 heteroatoms. The van der Waals surface area contributed by atoms with Gasteiger partial charge in [0.2, 0.25) is 0 Å². The summed E-state index contributed by atoms with van der Waals surface area (Å²) in [6, 6.07) is 4.07. The van der Waals surface area contributed by atoms with E-state index in [2.05, 4.69) is 28.4 Å². The summed E-state index contributed by atoms with van der Waals surface area (Å²) in [4.78, 5) is 2.36. The maximum Gasteiger partial charge on any atom is 0.105 e. The molecule has 0 spiro atoms. The molecule has 1 aromatic heterocycles. The van der Waals surface area contributed by atoms with E-state index in [-0.39, 0.29) is 0 Å². The minimum atomic E-state index is 1.12. The summed E-state index contributed by atoms with van der Waals surface area (Å²) in [6.45, 7) is 6.44. The third-order valence-electron chi connectivity index (χ3n) is 2.62. The summed E-state index contributed by atoms with van der Waals surface area (Å²) in [6.07, 6.45) is 8.09. The van der Waals surface area contributed by atoms with Gasteiger partial charge in [-0.1, -0.05) is 6.58 Å². The predicted molar refractivity (Wildman–Crippen MR) is 55.2 cm³/mol. The Morgan fingerprint density at radius 3 is 2.23 bits per heavy atom. The molecule has 0 atom stereocenters. The Bertz CT molecular complexity index is 268. The van der Waals surface area contributed by atoms with Gasteiger partial charge in [-0.25, -0.2) is 0 Å². The lowest BCUT2D eigenvalue weighted by Gasteiger charge is -2.30. The second-order valence-corrected chi connectivity index (χ2v) is 3.55. The van der Waals surface area contributed by atoms with Crippen LogP contribution in [0.4, 0.5) is 0 Å². The minimum Gasteiger partial charge on any atom is -0.358 e. The number of aromatic nitrogens is 1. The van der Waals surface area contributed by atoms with Gasteiger partial charge in [0.05, 0.1) is 0 Å². The lowest BCUT2D eigenvalue weighted by Crippen LogP contribution is -2.29. The zero-order valence-corrected chi connectivity index (χ0v) is 7.95. The summed E-state index contributed by atoms with van der Waals surface area (Å²) < 4.78 is 2.09. The summed E-state index contributed by atoms with van der Waals surface area (Å²) in [7, 11) is 0. The minimum absolute atomic E-state index is 1.12. The first-order valence-electron chi connectivity index (χ1n) is 4.95. The van der Waals surface area contributed by atoms with E-state index in [0.29, 0.717) is 0 Å². The van der Waals surface area contributed by atoms with Crippen molar-refractivity contribution in [3.05, 3.63) is 31.1 Å². The quantitative estimate of drug-likeness (QED) is 0.671. The van der Waals surface area contributed by atoms with Crippen LogP contribution in [0.2, 0.25) is 0 Å². The number of likely N-dealkylation sites (tertiary alicyclic amines) is 1. The van der Waals surface area contributed by atoms with Crippen molar-refractivity contribution in [2.45, 2.75) is 19.3 Å². The lowest BCUT2D eigenvalue weighted by atomic mass is 10.1. The SMILES string of the molecule is C=C(N1CCCCC1)n1cccc1. The molecule has 0 aliphatic carbocycles. The summed E-state index contributed by atoms with van der Waals surface area (Å²) >= 11 is 0. The summed E-state index contributed by atoms with van der Waals surface area (Å²) in [5.74, 6) is 1.12. The molecule has 1 aromatic rings. The van der Waals surface area contributed by atoms with Crippen LogP contribution < -0.4 is 0 Å². The number of rotatable bonds is 2. The number of hydrogen-bond donors (Lipinski definition) is 0. The molecule has 2 rings (SSSR count). The van der Waals surface area contributed by atoms with Crippen LogP contribution in [0.15, 0.2) is 31.1 Å². The second-order valence-electron chi connectivity index (χ2n) is 3.55. The standard InChI is InChI=1S/C11H16N2/c1-11(13-9-5-6-10-13)12-7-3-2-4-8-12/h5-6,9-10H,1-4,7-8H2. The third-order valence-corrected chi connectivity index (χ3v) is 2.62. The molecule has 0 bridgehead atoms. The van der Waals surface area contributed by atoms with Crippen molar-refractivity contribution in [3.8, 4) is 0 Å². The highest BCUT2D eigenvalue weighted by Gasteiger charge is 2.11. The molecule has 2 nitrogen and oxygen atoms in total. The molecule has 0 N–H and O–H groups in total. The first-order valence-corrected chi connectivity index (χ1v) is 4.95. The van der Waals surface area contributed by atoms with E-state index in [1.165, 1.54) is 19.3 Å². The van der Waals surface area contributed by atoms with Crippen molar-refractivity contribution in [2.24, 2.45) is 0 Å². The molecular formula is C11H16N2. The summed E-state index contributed by atoms with van der Waals surface area (Å²) in [5.41, 5.74) is 0. The highest BCUT2D eigenvalue weighted by atomic mass is 15.3. The Kier molecular flexibility index (Phi) is 2.39. The van der Waals surface area contributed by atoms with Crippen molar-refractivity contribution in [2.75, 3.05) is 13.1 Å². The molecule has 70 valence electrons. The fraction of sp³-hybridized carbons (Fsp3) is 0.455. The molecular weight excluding hydrogens is 160 g/mol. The largest absolute Gasteiger partial charge is 0.358 e. The Morgan fingerprint density at radius 1 is 1.00 bits per heavy atom. The van der Waals surface area contributed by atoms with Crippen molar-refractivity contribution in [1.29, 1.82) is 0 Å². The van der Waals surface area contributed by atoms with E-state index in [9.17, 15) is 0 Å². The molecule has 0 radical (unpaired) electrons. The predicted octanol–water partition coefficient (Wildman–Crippen LogP) is 2.40. The second kappa shape index (κ2) is 3.69. The van der Waals surface area contributed by atoms with E-state index in [1.807, 2.05) is 12.1 Å². The van der Waals surface area contributed by atoms with Gasteiger partial charge in [0.1, 0.15) is 5.82 Å². The molecule has 1 aliphatic rings. The van der Waals surface area contributed by atoms with Gasteiger partial charge in [0.15, 0.2) is 0 Å². The first-order chi connectivity index (χ1) is 6.38. The number of hydrogen-bond acceptors (Lipinski definition) is 1. The Hall–Kier alpha value is -1.18. The molecule has 1 saturated heterocycles. The normalized spacial score (nSPS) is 17.4. The smallest absolute Gasteiger partial charge is 0.105 e. The van der Waals surface area contributed by atoms with E-state index in [0.717, 1.165) is 18.9 Å². The molecule has 1 aliphatic heterocycles. The van der Waals surface area contributed by atoms with Gasteiger partial charge >= 0.3 is 0 Å². The van der Waals surface area contributed by atoms with Gasteiger partial charge < -0.3 is 9.47 Å². The van der Waals surface area contributed by atoms with E-state index < -0.39 is 0 Å². The van der Waals surface area contributed by atoms with Crippen LogP contribution >= 0.6 is 0 Å². The van der Waals surface area contributed by atoms with Crippen LogP contribution in [0.3, 0.4) is 0 Å². The molecule has 0 aromatic carbocycles. The molecule has 13 heavy (non-hydrogen) atoms. The van der Waals surface area contributed by atoms with Crippen LogP contribution in [0, 0.1) is 0 Å². The molecule has 2 heterocycles. The van der Waals surface area contributed by atoms with Crippen LogP contribution in [-0.2, 0) is 0 Å². The number of piperidine rings is 1. The highest BCUT2D eigenvalue weighted by molar-refractivity contribution is 5.39. The average Bonchev–Trinajstić information content (AvgIpc) is 2.71. The Balaban J connectivity index is 2.04. The zero-order valence-electron chi connectivity index (χ0n) is 7.95. The first kappa shape index (κ1) is 8.42. The Morgan fingerprint density at radius 2 is 1.62 bits per heavy atom. The van der Waals surface area contributed by atoms with Gasteiger partial charge in [-0.05, 0) is 31.4 Å².